The van der Waals surface area contributed by atoms with Gasteiger partial charge in [0.05, 0.1) is 6.42 Å². The SMILES string of the molecule is CN(CC(N)c1ccc(C(=O)Nc2ccncc2)cc1)C(=O)Cc1ccc2c(c1)OCO2. The number of hydrogen-bond acceptors (Lipinski definition) is 6. The molecule has 2 amide bonds. The maximum atomic E-state index is 12.6. The molecule has 0 radical (unpaired) electrons. The van der Waals surface area contributed by atoms with E-state index >= 15 is 0 Å². The van der Waals surface area contributed by atoms with Gasteiger partial charge in [-0.3, -0.25) is 14.6 Å². The van der Waals surface area contributed by atoms with E-state index in [1.807, 2.05) is 30.3 Å². The molecule has 0 bridgehead atoms. The van der Waals surface area contributed by atoms with E-state index in [4.69, 9.17) is 15.2 Å². The van der Waals surface area contributed by atoms with E-state index < -0.39 is 0 Å². The summed E-state index contributed by atoms with van der Waals surface area (Å²) >= 11 is 0. The van der Waals surface area contributed by atoms with Crippen LogP contribution in [0.25, 0.3) is 0 Å². The quantitative estimate of drug-likeness (QED) is 0.595. The number of hydrogen-bond donors (Lipinski definition) is 2. The fraction of sp³-hybridized carbons (Fsp3) is 0.208. The van der Waals surface area contributed by atoms with Crippen LogP contribution in [0.2, 0.25) is 0 Å². The molecular weight excluding hydrogens is 408 g/mol. The van der Waals surface area contributed by atoms with E-state index in [0.29, 0.717) is 29.3 Å². The molecule has 3 aromatic rings. The van der Waals surface area contributed by atoms with Gasteiger partial charge in [-0.1, -0.05) is 18.2 Å². The fourth-order valence-corrected chi connectivity index (χ4v) is 3.38. The topological polar surface area (TPSA) is 107 Å². The van der Waals surface area contributed by atoms with E-state index in [1.165, 1.54) is 0 Å². The zero-order valence-electron chi connectivity index (χ0n) is 17.7. The number of likely N-dealkylation sites (N-methyl/N-ethyl adjacent to an activating group) is 1. The van der Waals surface area contributed by atoms with Crippen LogP contribution in [0.4, 0.5) is 5.69 Å². The summed E-state index contributed by atoms with van der Waals surface area (Å²) in [6.45, 7) is 0.553. The van der Waals surface area contributed by atoms with Gasteiger partial charge in [-0.2, -0.15) is 0 Å². The van der Waals surface area contributed by atoms with Crippen LogP contribution in [-0.4, -0.2) is 42.1 Å². The molecule has 8 heteroatoms. The Morgan fingerprint density at radius 2 is 1.78 bits per heavy atom. The van der Waals surface area contributed by atoms with E-state index in [2.05, 4.69) is 10.3 Å². The second kappa shape index (κ2) is 9.49. The highest BCUT2D eigenvalue weighted by atomic mass is 16.7. The van der Waals surface area contributed by atoms with Crippen molar-refractivity contribution in [2.24, 2.45) is 5.73 Å². The lowest BCUT2D eigenvalue weighted by atomic mass is 10.0. The van der Waals surface area contributed by atoms with Gasteiger partial charge in [0, 0.05) is 43.3 Å². The Labute approximate surface area is 186 Å². The summed E-state index contributed by atoms with van der Waals surface area (Å²) in [6, 6.07) is 15.6. The zero-order valence-corrected chi connectivity index (χ0v) is 17.7. The fourth-order valence-electron chi connectivity index (χ4n) is 3.38. The molecule has 164 valence electrons. The summed E-state index contributed by atoms with van der Waals surface area (Å²) in [4.78, 5) is 30.5. The number of carbonyl (C=O) groups is 2. The average molecular weight is 432 g/mol. The van der Waals surface area contributed by atoms with Crippen LogP contribution in [0.5, 0.6) is 11.5 Å². The number of benzene rings is 2. The Kier molecular flexibility index (Phi) is 6.32. The van der Waals surface area contributed by atoms with Gasteiger partial charge < -0.3 is 25.4 Å². The molecule has 1 aliphatic heterocycles. The van der Waals surface area contributed by atoms with Crippen LogP contribution in [0.15, 0.2) is 67.0 Å². The molecule has 1 atom stereocenters. The van der Waals surface area contributed by atoms with Crippen molar-refractivity contribution in [2.75, 3.05) is 25.7 Å². The number of nitrogens with two attached hydrogens (primary N) is 1. The predicted molar refractivity (Wildman–Crippen MR) is 119 cm³/mol. The van der Waals surface area contributed by atoms with E-state index in [-0.39, 0.29) is 31.1 Å². The minimum absolute atomic E-state index is 0.0485. The van der Waals surface area contributed by atoms with Crippen molar-refractivity contribution in [2.45, 2.75) is 12.5 Å². The van der Waals surface area contributed by atoms with Crippen molar-refractivity contribution < 1.29 is 19.1 Å². The van der Waals surface area contributed by atoms with Gasteiger partial charge in [0.2, 0.25) is 12.7 Å². The second-order valence-electron chi connectivity index (χ2n) is 7.56. The predicted octanol–water partition coefficient (Wildman–Crippen LogP) is 2.76. The third-order valence-electron chi connectivity index (χ3n) is 5.23. The molecule has 0 spiro atoms. The number of nitrogens with zero attached hydrogens (tertiary/aromatic N) is 2. The molecule has 4 rings (SSSR count). The largest absolute Gasteiger partial charge is 0.454 e. The van der Waals surface area contributed by atoms with Crippen molar-refractivity contribution in [3.05, 3.63) is 83.7 Å². The minimum Gasteiger partial charge on any atom is -0.454 e. The molecule has 3 N–H and O–H groups in total. The van der Waals surface area contributed by atoms with Crippen molar-refractivity contribution in [1.29, 1.82) is 0 Å². The maximum Gasteiger partial charge on any atom is 0.255 e. The van der Waals surface area contributed by atoms with E-state index in [1.54, 1.807) is 48.6 Å². The van der Waals surface area contributed by atoms with Gasteiger partial charge in [-0.05, 0) is 47.5 Å². The second-order valence-corrected chi connectivity index (χ2v) is 7.56. The molecule has 1 unspecified atom stereocenters. The minimum atomic E-state index is -0.377. The first-order valence-corrected chi connectivity index (χ1v) is 10.2. The number of rotatable bonds is 7. The highest BCUT2D eigenvalue weighted by Gasteiger charge is 2.18. The van der Waals surface area contributed by atoms with Crippen molar-refractivity contribution in [1.82, 2.24) is 9.88 Å². The summed E-state index contributed by atoms with van der Waals surface area (Å²) in [5, 5.41) is 2.81. The van der Waals surface area contributed by atoms with Gasteiger partial charge in [-0.15, -0.1) is 0 Å². The Balaban J connectivity index is 1.32. The number of nitrogens with one attached hydrogen (secondary N) is 1. The van der Waals surface area contributed by atoms with Crippen molar-refractivity contribution in [3.8, 4) is 11.5 Å². The third kappa shape index (κ3) is 5.04. The molecule has 2 aromatic carbocycles. The number of fused-ring (bicyclic) bond motifs is 1. The lowest BCUT2D eigenvalue weighted by molar-refractivity contribution is -0.129. The summed E-state index contributed by atoms with van der Waals surface area (Å²) < 4.78 is 10.7. The summed E-state index contributed by atoms with van der Waals surface area (Å²) in [5.74, 6) is 1.08. The number of anilines is 1. The maximum absolute atomic E-state index is 12.6. The molecular formula is C24H24N4O4. The molecule has 2 heterocycles. The zero-order chi connectivity index (χ0) is 22.5. The smallest absolute Gasteiger partial charge is 0.255 e. The summed E-state index contributed by atoms with van der Waals surface area (Å²) in [5.41, 5.74) is 9.20. The molecule has 1 aromatic heterocycles. The normalized spacial score (nSPS) is 12.8. The van der Waals surface area contributed by atoms with Crippen LogP contribution in [0.1, 0.15) is 27.5 Å². The van der Waals surface area contributed by atoms with Crippen LogP contribution in [0, 0.1) is 0 Å². The standard InChI is InChI=1S/C24H24N4O4/c1-28(23(29)13-16-2-7-21-22(12-16)32-15-31-21)14-20(25)17-3-5-18(6-4-17)24(30)27-19-8-10-26-11-9-19/h2-12,20H,13-15,25H2,1H3,(H,26,27,30). The molecule has 0 aliphatic carbocycles. The summed E-state index contributed by atoms with van der Waals surface area (Å²) in [7, 11) is 1.73. The molecule has 8 nitrogen and oxygen atoms in total. The van der Waals surface area contributed by atoms with Gasteiger partial charge in [-0.25, -0.2) is 0 Å². The molecule has 0 saturated carbocycles. The Morgan fingerprint density at radius 3 is 2.53 bits per heavy atom. The average Bonchev–Trinajstić information content (AvgIpc) is 3.27. The Morgan fingerprint density at radius 1 is 1.06 bits per heavy atom. The molecule has 0 fully saturated rings. The molecule has 32 heavy (non-hydrogen) atoms. The Bertz CT molecular complexity index is 1100. The van der Waals surface area contributed by atoms with Gasteiger partial charge >= 0.3 is 0 Å². The van der Waals surface area contributed by atoms with E-state index in [9.17, 15) is 9.59 Å². The highest BCUT2D eigenvalue weighted by Crippen LogP contribution is 2.32. The van der Waals surface area contributed by atoms with Crippen molar-refractivity contribution in [3.63, 3.8) is 0 Å². The van der Waals surface area contributed by atoms with Crippen LogP contribution >= 0.6 is 0 Å². The molecule has 1 aliphatic rings. The number of aromatic nitrogens is 1. The van der Waals surface area contributed by atoms with Crippen molar-refractivity contribution >= 4 is 17.5 Å². The third-order valence-corrected chi connectivity index (χ3v) is 5.23. The van der Waals surface area contributed by atoms with Crippen LogP contribution in [-0.2, 0) is 11.2 Å². The van der Waals surface area contributed by atoms with Gasteiger partial charge in [0.15, 0.2) is 11.5 Å². The first-order valence-electron chi connectivity index (χ1n) is 10.2. The highest BCUT2D eigenvalue weighted by molar-refractivity contribution is 6.04. The first kappa shape index (κ1) is 21.3. The number of pyridine rings is 1. The van der Waals surface area contributed by atoms with Gasteiger partial charge in [0.25, 0.3) is 5.91 Å². The van der Waals surface area contributed by atoms with Gasteiger partial charge in [0.1, 0.15) is 0 Å². The number of ether oxygens (including phenoxy) is 2. The lowest BCUT2D eigenvalue weighted by Gasteiger charge is -2.22. The lowest BCUT2D eigenvalue weighted by Crippen LogP contribution is -2.35. The summed E-state index contributed by atoms with van der Waals surface area (Å²) in [6.07, 6.45) is 3.47. The van der Waals surface area contributed by atoms with Crippen LogP contribution < -0.4 is 20.5 Å². The first-order chi connectivity index (χ1) is 15.5. The number of amides is 2. The monoisotopic (exact) mass is 432 g/mol. The number of carbonyl (C=O) groups excluding carboxylic acids is 2. The molecule has 0 saturated heterocycles. The Hall–Kier alpha value is -3.91. The van der Waals surface area contributed by atoms with E-state index in [0.717, 1.165) is 11.1 Å². The van der Waals surface area contributed by atoms with Crippen LogP contribution in [0.3, 0.4) is 0 Å².